The number of unbranched alkanes of at least 4 members (excludes halogenated alkanes) is 2. The number of aromatic nitrogens is 4. The first-order valence-electron chi connectivity index (χ1n) is 17.8. The molecule has 0 spiro atoms. The number of thioether (sulfide) groups is 1. The first-order valence-corrected chi connectivity index (χ1v) is 18.8. The number of benzene rings is 4. The molecule has 2 heterocycles. The fourth-order valence-corrected chi connectivity index (χ4v) is 7.03. The zero-order chi connectivity index (χ0) is 37.0. The number of para-hydroxylation sites is 2. The molecule has 13 heteroatoms. The van der Waals surface area contributed by atoms with Gasteiger partial charge in [0.15, 0.2) is 6.29 Å². The molecule has 5 aromatic rings. The van der Waals surface area contributed by atoms with Crippen LogP contribution in [0.15, 0.2) is 102 Å². The van der Waals surface area contributed by atoms with Crippen molar-refractivity contribution in [2.45, 2.75) is 75.3 Å². The molecule has 0 saturated carbocycles. The highest BCUT2D eigenvalue weighted by atomic mass is 32.2. The van der Waals surface area contributed by atoms with E-state index in [4.69, 9.17) is 15.2 Å². The predicted octanol–water partition coefficient (Wildman–Crippen LogP) is 6.49. The number of nitrogens with zero attached hydrogens (tertiary/aromatic N) is 4. The van der Waals surface area contributed by atoms with Crippen LogP contribution in [0, 0.1) is 0 Å². The number of aryl methyl sites for hydroxylation is 1. The summed E-state index contributed by atoms with van der Waals surface area (Å²) in [7, 11) is 1.81. The quantitative estimate of drug-likeness (QED) is 0.0500. The van der Waals surface area contributed by atoms with E-state index < -0.39 is 6.29 Å². The Hall–Kier alpha value is -5.08. The van der Waals surface area contributed by atoms with Crippen LogP contribution in [0.4, 0.5) is 11.4 Å². The first kappa shape index (κ1) is 37.7. The topological polar surface area (TPSA) is 167 Å². The molecular weight excluding hydrogens is 691 g/mol. The van der Waals surface area contributed by atoms with E-state index in [1.54, 1.807) is 28.6 Å². The van der Waals surface area contributed by atoms with E-state index in [1.165, 1.54) is 0 Å². The van der Waals surface area contributed by atoms with Crippen molar-refractivity contribution in [3.63, 3.8) is 0 Å². The average Bonchev–Trinajstić information content (AvgIpc) is 3.61. The van der Waals surface area contributed by atoms with Gasteiger partial charge in [0.25, 0.3) is 0 Å². The number of nitrogens with two attached hydrogens (primary N) is 1. The highest BCUT2D eigenvalue weighted by Crippen LogP contribution is 2.40. The molecule has 0 radical (unpaired) electrons. The van der Waals surface area contributed by atoms with E-state index in [2.05, 4.69) is 44.4 Å². The van der Waals surface area contributed by atoms with Gasteiger partial charge in [-0.3, -0.25) is 9.59 Å². The highest BCUT2D eigenvalue weighted by Gasteiger charge is 2.32. The summed E-state index contributed by atoms with van der Waals surface area (Å²) in [5, 5.41) is 27.9. The molecule has 6 rings (SSSR count). The smallest absolute Gasteiger partial charge is 0.224 e. The summed E-state index contributed by atoms with van der Waals surface area (Å²) in [5.41, 5.74) is 12.9. The number of rotatable bonds is 16. The largest absolute Gasteiger partial charge is 0.397 e. The van der Waals surface area contributed by atoms with Crippen molar-refractivity contribution in [1.29, 1.82) is 0 Å². The van der Waals surface area contributed by atoms with E-state index in [1.807, 2.05) is 73.8 Å². The number of carbonyl (C=O) groups excluding carboxylic acids is 2. The molecule has 1 aliphatic rings. The van der Waals surface area contributed by atoms with Gasteiger partial charge in [-0.05, 0) is 63.2 Å². The summed E-state index contributed by atoms with van der Waals surface area (Å²) < 4.78 is 14.7. The fourth-order valence-electron chi connectivity index (χ4n) is 6.16. The minimum Gasteiger partial charge on any atom is -0.397 e. The van der Waals surface area contributed by atoms with Crippen LogP contribution in [-0.2, 0) is 39.3 Å². The predicted molar refractivity (Wildman–Crippen MR) is 204 cm³/mol. The number of nitrogen functional groups attached to an aromatic ring is 1. The van der Waals surface area contributed by atoms with E-state index in [-0.39, 0.29) is 30.6 Å². The van der Waals surface area contributed by atoms with Crippen molar-refractivity contribution < 1.29 is 24.2 Å². The molecule has 1 fully saturated rings. The molecule has 2 amide bonds. The van der Waals surface area contributed by atoms with Gasteiger partial charge in [-0.25, -0.2) is 4.68 Å². The maximum atomic E-state index is 12.7. The van der Waals surface area contributed by atoms with Gasteiger partial charge in [-0.2, -0.15) is 0 Å². The van der Waals surface area contributed by atoms with E-state index in [0.717, 1.165) is 39.8 Å². The summed E-state index contributed by atoms with van der Waals surface area (Å²) in [5.74, 6) is 0.547. The SMILES string of the molecule is Cn1nnnc1SC[C@@H]1C[C@H](c2ccc(CO)cc2)O[C@H](c2ccc(-c3ccccc3CNC(=O)CCCCCC(=O)Nc3ccccc3N)cc2)O1. The molecule has 0 bridgehead atoms. The maximum Gasteiger partial charge on any atom is 0.224 e. The third-order valence-corrected chi connectivity index (χ3v) is 10.3. The zero-order valence-electron chi connectivity index (χ0n) is 29.7. The number of aliphatic hydroxyl groups excluding tert-OH is 1. The second-order valence-corrected chi connectivity index (χ2v) is 14.0. The molecule has 1 saturated heterocycles. The molecule has 0 unspecified atom stereocenters. The van der Waals surface area contributed by atoms with Crippen molar-refractivity contribution >= 4 is 35.0 Å². The Morgan fingerprint density at radius 2 is 1.60 bits per heavy atom. The van der Waals surface area contributed by atoms with Crippen LogP contribution in [0.3, 0.4) is 0 Å². The summed E-state index contributed by atoms with van der Waals surface area (Å²) in [6.07, 6.45) is 2.69. The lowest BCUT2D eigenvalue weighted by atomic mass is 9.97. The number of aliphatic hydroxyl groups is 1. The Morgan fingerprint density at radius 1 is 0.887 bits per heavy atom. The molecule has 1 aromatic heterocycles. The second kappa shape index (κ2) is 18.6. The summed E-state index contributed by atoms with van der Waals surface area (Å²) in [6, 6.07) is 31.2. The van der Waals surface area contributed by atoms with E-state index in [0.29, 0.717) is 60.9 Å². The van der Waals surface area contributed by atoms with Crippen LogP contribution < -0.4 is 16.4 Å². The van der Waals surface area contributed by atoms with Gasteiger partial charge in [-0.1, -0.05) is 103 Å². The second-order valence-electron chi connectivity index (χ2n) is 13.0. The third kappa shape index (κ3) is 10.5. The standard InChI is InChI=1S/C40H45N7O5S/c1-47-40(44-45-46-47)53-26-32-23-36(29-17-15-27(25-48)16-18-29)52-39(51-32)30-21-19-28(20-22-30)33-10-6-5-9-31(33)24-42-37(49)13-3-2-4-14-38(50)43-35-12-8-7-11-34(35)41/h5-12,15-22,32,36,39,48H,2-4,13-14,23-26,41H2,1H3,(H,42,49)(H,43,50)/t32-,36+,39+/m0/s1. The zero-order valence-corrected chi connectivity index (χ0v) is 30.5. The normalized spacial score (nSPS) is 17.0. The maximum absolute atomic E-state index is 12.7. The van der Waals surface area contributed by atoms with Gasteiger partial charge in [0.05, 0.1) is 30.2 Å². The summed E-state index contributed by atoms with van der Waals surface area (Å²) >= 11 is 1.54. The minimum atomic E-state index is -0.588. The molecule has 12 nitrogen and oxygen atoms in total. The monoisotopic (exact) mass is 735 g/mol. The lowest BCUT2D eigenvalue weighted by Crippen LogP contribution is -2.31. The van der Waals surface area contributed by atoms with Gasteiger partial charge >= 0.3 is 0 Å². The van der Waals surface area contributed by atoms with Crippen LogP contribution in [0.25, 0.3) is 11.1 Å². The molecule has 276 valence electrons. The number of tetrazole rings is 1. The van der Waals surface area contributed by atoms with Crippen molar-refractivity contribution in [2.75, 3.05) is 16.8 Å². The lowest BCUT2D eigenvalue weighted by Gasteiger charge is -2.36. The van der Waals surface area contributed by atoms with E-state index >= 15 is 0 Å². The fraction of sp³-hybridized carbons (Fsp3) is 0.325. The number of nitrogens with one attached hydrogen (secondary N) is 2. The van der Waals surface area contributed by atoms with Gasteiger partial charge in [0.2, 0.25) is 17.0 Å². The third-order valence-electron chi connectivity index (χ3n) is 9.12. The summed E-state index contributed by atoms with van der Waals surface area (Å²) in [4.78, 5) is 25.0. The lowest BCUT2D eigenvalue weighted by molar-refractivity contribution is -0.245. The van der Waals surface area contributed by atoms with Crippen LogP contribution in [-0.4, -0.2) is 49.0 Å². The van der Waals surface area contributed by atoms with Crippen molar-refractivity contribution in [3.05, 3.63) is 119 Å². The number of hydrogen-bond acceptors (Lipinski definition) is 10. The first-order chi connectivity index (χ1) is 25.9. The average molecular weight is 736 g/mol. The number of amides is 2. The number of ether oxygens (including phenoxy) is 2. The molecule has 53 heavy (non-hydrogen) atoms. The molecule has 1 aliphatic heterocycles. The Kier molecular flexibility index (Phi) is 13.2. The Morgan fingerprint density at radius 3 is 2.34 bits per heavy atom. The Bertz CT molecular complexity index is 1950. The molecule has 3 atom stereocenters. The Balaban J connectivity index is 1.02. The Labute approximate surface area is 313 Å². The van der Waals surface area contributed by atoms with Gasteiger partial charge in [0, 0.05) is 44.2 Å². The highest BCUT2D eigenvalue weighted by molar-refractivity contribution is 7.99. The number of carbonyl (C=O) groups is 2. The van der Waals surface area contributed by atoms with E-state index in [9.17, 15) is 14.7 Å². The minimum absolute atomic E-state index is 0.0139. The molecule has 5 N–H and O–H groups in total. The van der Waals surface area contributed by atoms with Crippen molar-refractivity contribution in [2.24, 2.45) is 7.05 Å². The van der Waals surface area contributed by atoms with Gasteiger partial charge < -0.3 is 30.9 Å². The van der Waals surface area contributed by atoms with Gasteiger partial charge in [0.1, 0.15) is 0 Å². The molecular formula is C40H45N7O5S. The van der Waals surface area contributed by atoms with Crippen molar-refractivity contribution in [3.8, 4) is 11.1 Å². The van der Waals surface area contributed by atoms with Crippen LogP contribution in [0.5, 0.6) is 0 Å². The number of anilines is 2. The summed E-state index contributed by atoms with van der Waals surface area (Å²) in [6.45, 7) is 0.392. The molecule has 0 aliphatic carbocycles. The van der Waals surface area contributed by atoms with Crippen molar-refractivity contribution in [1.82, 2.24) is 25.5 Å². The molecule has 4 aromatic carbocycles. The van der Waals surface area contributed by atoms with Crippen LogP contribution in [0.2, 0.25) is 0 Å². The van der Waals surface area contributed by atoms with Crippen LogP contribution >= 0.6 is 11.8 Å². The number of hydrogen-bond donors (Lipinski definition) is 4. The van der Waals surface area contributed by atoms with Crippen LogP contribution in [0.1, 0.15) is 73.2 Å². The van der Waals surface area contributed by atoms with Gasteiger partial charge in [-0.15, -0.1) is 5.10 Å².